The van der Waals surface area contributed by atoms with E-state index in [0.717, 1.165) is 9.86 Å². The summed E-state index contributed by atoms with van der Waals surface area (Å²) in [5.41, 5.74) is 0.583. The Hall–Kier alpha value is -1.62. The fraction of sp³-hybridized carbons (Fsp3) is 0.333. The maximum atomic E-state index is 12.2. The summed E-state index contributed by atoms with van der Waals surface area (Å²) < 4.78 is 7.59. The van der Waals surface area contributed by atoms with Crippen molar-refractivity contribution in [1.82, 2.24) is 4.57 Å². The van der Waals surface area contributed by atoms with E-state index in [2.05, 4.69) is 15.9 Å². The first kappa shape index (κ1) is 14.8. The Bertz CT molecular complexity index is 695. The molecule has 0 aliphatic rings. The Balaban J connectivity index is 2.60. The fourth-order valence-electron chi connectivity index (χ4n) is 1.94. The number of Topliss-reactive ketones (excluding diaryl/α,β-unsaturated/α-hetero) is 1. The van der Waals surface area contributed by atoms with Gasteiger partial charge in [-0.05, 0) is 45.9 Å². The summed E-state index contributed by atoms with van der Waals surface area (Å²) in [5.74, 6) is -0.0876. The molecule has 0 aliphatic heterocycles. The molecule has 0 bridgehead atoms. The van der Waals surface area contributed by atoms with Crippen molar-refractivity contribution in [3.8, 4) is 0 Å². The van der Waals surface area contributed by atoms with Gasteiger partial charge in [0.25, 0.3) is 0 Å². The normalized spacial score (nSPS) is 11.7. The molecule has 0 N–H and O–H groups in total. The first-order valence-corrected chi connectivity index (χ1v) is 7.03. The number of hydrogen-bond acceptors (Lipinski definition) is 3. The van der Waals surface area contributed by atoms with E-state index in [1.54, 1.807) is 26.8 Å². The Labute approximate surface area is 125 Å². The second kappa shape index (κ2) is 5.05. The lowest BCUT2D eigenvalue weighted by Gasteiger charge is -2.19. The Morgan fingerprint density at radius 1 is 1.25 bits per heavy atom. The number of ether oxygens (including phenoxy) is 1. The SMILES string of the molecule is CC(=O)c1cn(C(=O)OC(C)(C)C)c2ccc(Br)cc12. The highest BCUT2D eigenvalue weighted by Gasteiger charge is 2.21. The zero-order chi connectivity index (χ0) is 15.1. The lowest BCUT2D eigenvalue weighted by molar-refractivity contribution is 0.0544. The van der Waals surface area contributed by atoms with E-state index in [-0.39, 0.29) is 5.78 Å². The molecule has 0 atom stereocenters. The van der Waals surface area contributed by atoms with Gasteiger partial charge in [-0.3, -0.25) is 9.36 Å². The van der Waals surface area contributed by atoms with Gasteiger partial charge in [0.2, 0.25) is 0 Å². The Morgan fingerprint density at radius 3 is 2.45 bits per heavy atom. The van der Waals surface area contributed by atoms with Crippen molar-refractivity contribution in [2.24, 2.45) is 0 Å². The van der Waals surface area contributed by atoms with E-state index in [1.807, 2.05) is 12.1 Å². The number of hydrogen-bond donors (Lipinski definition) is 0. The second-order valence-corrected chi connectivity index (χ2v) is 6.53. The van der Waals surface area contributed by atoms with Crippen LogP contribution in [0.2, 0.25) is 0 Å². The molecular formula is C15H16BrNO3. The zero-order valence-electron chi connectivity index (χ0n) is 11.9. The molecule has 4 nitrogen and oxygen atoms in total. The van der Waals surface area contributed by atoms with Crippen molar-refractivity contribution in [2.75, 3.05) is 0 Å². The van der Waals surface area contributed by atoms with Gasteiger partial charge in [0, 0.05) is 21.6 Å². The highest BCUT2D eigenvalue weighted by Crippen LogP contribution is 2.26. The Kier molecular flexibility index (Phi) is 3.73. The van der Waals surface area contributed by atoms with Crippen LogP contribution >= 0.6 is 15.9 Å². The Morgan fingerprint density at radius 2 is 1.90 bits per heavy atom. The second-order valence-electron chi connectivity index (χ2n) is 5.61. The maximum Gasteiger partial charge on any atom is 0.419 e. The van der Waals surface area contributed by atoms with Crippen LogP contribution in [0.25, 0.3) is 10.9 Å². The molecular weight excluding hydrogens is 322 g/mol. The molecule has 1 aromatic heterocycles. The van der Waals surface area contributed by atoms with Gasteiger partial charge in [0.15, 0.2) is 5.78 Å². The number of halogens is 1. The van der Waals surface area contributed by atoms with Crippen molar-refractivity contribution >= 4 is 38.7 Å². The summed E-state index contributed by atoms with van der Waals surface area (Å²) in [7, 11) is 0. The molecule has 0 aliphatic carbocycles. The number of carbonyl (C=O) groups is 2. The van der Waals surface area contributed by atoms with Crippen LogP contribution in [0, 0.1) is 0 Å². The summed E-state index contributed by atoms with van der Waals surface area (Å²) in [5, 5.41) is 0.734. The van der Waals surface area contributed by atoms with Gasteiger partial charge in [-0.25, -0.2) is 4.79 Å². The molecule has 1 heterocycles. The quantitative estimate of drug-likeness (QED) is 0.725. The standard InChI is InChI=1S/C15H16BrNO3/c1-9(18)12-8-17(14(19)20-15(2,3)4)13-6-5-10(16)7-11(12)13/h5-8H,1-4H3. The fourth-order valence-corrected chi connectivity index (χ4v) is 2.31. The third-order valence-corrected chi connectivity index (χ3v) is 3.23. The topological polar surface area (TPSA) is 48.3 Å². The minimum absolute atomic E-state index is 0.0876. The maximum absolute atomic E-state index is 12.2. The van der Waals surface area contributed by atoms with Crippen LogP contribution in [-0.2, 0) is 4.74 Å². The van der Waals surface area contributed by atoms with Crippen LogP contribution < -0.4 is 0 Å². The van der Waals surface area contributed by atoms with Gasteiger partial charge < -0.3 is 4.74 Å². The monoisotopic (exact) mass is 337 g/mol. The minimum atomic E-state index is -0.584. The van der Waals surface area contributed by atoms with Crippen LogP contribution in [-0.4, -0.2) is 22.0 Å². The van der Waals surface area contributed by atoms with Crippen molar-refractivity contribution in [1.29, 1.82) is 0 Å². The average molecular weight is 338 g/mol. The molecule has 2 aromatic rings. The number of nitrogens with zero attached hydrogens (tertiary/aromatic N) is 1. The third kappa shape index (κ3) is 2.93. The average Bonchev–Trinajstić information content (AvgIpc) is 2.65. The molecule has 0 amide bonds. The van der Waals surface area contributed by atoms with Gasteiger partial charge >= 0.3 is 6.09 Å². The van der Waals surface area contributed by atoms with Crippen LogP contribution in [0.3, 0.4) is 0 Å². The third-order valence-electron chi connectivity index (χ3n) is 2.74. The summed E-state index contributed by atoms with van der Waals surface area (Å²) in [6, 6.07) is 5.44. The zero-order valence-corrected chi connectivity index (χ0v) is 13.4. The van der Waals surface area contributed by atoms with E-state index in [9.17, 15) is 9.59 Å². The van der Waals surface area contributed by atoms with Crippen LogP contribution in [0.4, 0.5) is 4.79 Å². The molecule has 0 unspecified atom stereocenters. The van der Waals surface area contributed by atoms with Gasteiger partial charge in [-0.1, -0.05) is 15.9 Å². The van der Waals surface area contributed by atoms with Crippen molar-refractivity contribution < 1.29 is 14.3 Å². The van der Waals surface area contributed by atoms with Crippen molar-refractivity contribution in [2.45, 2.75) is 33.3 Å². The van der Waals surface area contributed by atoms with Crippen molar-refractivity contribution in [3.63, 3.8) is 0 Å². The van der Waals surface area contributed by atoms with Crippen LogP contribution in [0.5, 0.6) is 0 Å². The summed E-state index contributed by atoms with van der Waals surface area (Å²) >= 11 is 3.37. The minimum Gasteiger partial charge on any atom is -0.443 e. The van der Waals surface area contributed by atoms with E-state index >= 15 is 0 Å². The van der Waals surface area contributed by atoms with Crippen LogP contribution in [0.15, 0.2) is 28.9 Å². The lowest BCUT2D eigenvalue weighted by atomic mass is 10.1. The number of benzene rings is 1. The van der Waals surface area contributed by atoms with Gasteiger partial charge in [-0.15, -0.1) is 0 Å². The van der Waals surface area contributed by atoms with Gasteiger partial charge in [0.05, 0.1) is 5.52 Å². The molecule has 5 heteroatoms. The highest BCUT2D eigenvalue weighted by atomic mass is 79.9. The molecule has 2 rings (SSSR count). The first-order valence-electron chi connectivity index (χ1n) is 6.24. The molecule has 0 saturated carbocycles. The molecule has 20 heavy (non-hydrogen) atoms. The molecule has 106 valence electrons. The predicted octanol–water partition coefficient (Wildman–Crippen LogP) is 4.39. The number of rotatable bonds is 1. The summed E-state index contributed by atoms with van der Waals surface area (Å²) in [4.78, 5) is 23.9. The smallest absolute Gasteiger partial charge is 0.419 e. The summed E-state index contributed by atoms with van der Waals surface area (Å²) in [6.45, 7) is 6.90. The van der Waals surface area contributed by atoms with Gasteiger partial charge in [0.1, 0.15) is 5.60 Å². The highest BCUT2D eigenvalue weighted by molar-refractivity contribution is 9.10. The van der Waals surface area contributed by atoms with E-state index in [0.29, 0.717) is 11.1 Å². The molecule has 0 fully saturated rings. The van der Waals surface area contributed by atoms with Gasteiger partial charge in [-0.2, -0.15) is 0 Å². The molecule has 1 aromatic carbocycles. The van der Waals surface area contributed by atoms with E-state index < -0.39 is 11.7 Å². The molecule has 0 radical (unpaired) electrons. The van der Waals surface area contributed by atoms with Crippen LogP contribution in [0.1, 0.15) is 38.1 Å². The number of ketones is 1. The first-order chi connectivity index (χ1) is 9.19. The van der Waals surface area contributed by atoms with E-state index in [4.69, 9.17) is 4.74 Å². The number of carbonyl (C=O) groups excluding carboxylic acids is 2. The van der Waals surface area contributed by atoms with E-state index in [1.165, 1.54) is 17.7 Å². The summed E-state index contributed by atoms with van der Waals surface area (Å²) in [6.07, 6.45) is 1.05. The molecule has 0 saturated heterocycles. The molecule has 0 spiro atoms. The number of fused-ring (bicyclic) bond motifs is 1. The predicted molar refractivity (Wildman–Crippen MR) is 81.3 cm³/mol. The lowest BCUT2D eigenvalue weighted by Crippen LogP contribution is -2.26. The van der Waals surface area contributed by atoms with Crippen molar-refractivity contribution in [3.05, 3.63) is 34.4 Å². The number of aromatic nitrogens is 1. The largest absolute Gasteiger partial charge is 0.443 e.